The van der Waals surface area contributed by atoms with Gasteiger partial charge in [-0.1, -0.05) is 24.8 Å². The first-order chi connectivity index (χ1) is 15.2. The summed E-state index contributed by atoms with van der Waals surface area (Å²) in [6.07, 6.45) is 9.13. The normalized spacial score (nSPS) is 12.9. The van der Waals surface area contributed by atoms with Crippen LogP contribution in [0.15, 0.2) is 66.6 Å². The van der Waals surface area contributed by atoms with Crippen molar-refractivity contribution >= 4 is 22.6 Å². The number of fused-ring (bicyclic) bond motifs is 1. The summed E-state index contributed by atoms with van der Waals surface area (Å²) in [5.74, 6) is 0.629. The average molecular weight is 434 g/mol. The fourth-order valence-corrected chi connectivity index (χ4v) is 3.18. The van der Waals surface area contributed by atoms with Crippen LogP contribution < -0.4 is 5.32 Å². The highest BCUT2D eigenvalue weighted by molar-refractivity contribution is 5.97. The number of aromatic amines is 1. The Morgan fingerprint density at radius 2 is 2.09 bits per heavy atom. The monoisotopic (exact) mass is 433 g/mol. The molecule has 0 radical (unpaired) electrons. The largest absolute Gasteiger partial charge is 0.496 e. The van der Waals surface area contributed by atoms with Crippen LogP contribution in [0.5, 0.6) is 0 Å². The van der Waals surface area contributed by atoms with Gasteiger partial charge in [-0.15, -0.1) is 0 Å². The number of hydrogen-bond acceptors (Lipinski definition) is 4. The number of amides is 1. The minimum absolute atomic E-state index is 0.434. The number of aromatic nitrogens is 1. The number of benzene rings is 1. The summed E-state index contributed by atoms with van der Waals surface area (Å²) < 4.78 is 10.7. The second-order valence-corrected chi connectivity index (χ2v) is 8.15. The molecule has 0 aliphatic heterocycles. The van der Waals surface area contributed by atoms with Crippen molar-refractivity contribution in [2.24, 2.45) is 0 Å². The first-order valence-electron chi connectivity index (χ1n) is 10.4. The van der Waals surface area contributed by atoms with Crippen LogP contribution in [0.25, 0.3) is 16.5 Å². The molecule has 0 bridgehead atoms. The molecule has 6 heteroatoms. The van der Waals surface area contributed by atoms with Gasteiger partial charge in [0.1, 0.15) is 11.4 Å². The van der Waals surface area contributed by atoms with E-state index in [2.05, 4.69) is 22.9 Å². The maximum Gasteiger partial charge on any atom is 0.407 e. The van der Waals surface area contributed by atoms with Gasteiger partial charge >= 0.3 is 6.09 Å². The molecule has 32 heavy (non-hydrogen) atoms. The summed E-state index contributed by atoms with van der Waals surface area (Å²) in [5, 5.41) is 13.6. The number of allylic oxidation sites excluding steroid dienone is 5. The highest BCUT2D eigenvalue weighted by Crippen LogP contribution is 2.28. The van der Waals surface area contributed by atoms with Crippen molar-refractivity contribution in [2.75, 3.05) is 13.7 Å². The highest BCUT2D eigenvalue weighted by atomic mass is 16.6. The van der Waals surface area contributed by atoms with Crippen molar-refractivity contribution in [1.82, 2.24) is 10.3 Å². The number of carbonyl (C=O) groups excluding carboxylic acids is 1. The van der Waals surface area contributed by atoms with E-state index >= 15 is 0 Å². The van der Waals surface area contributed by atoms with E-state index in [0.29, 0.717) is 24.3 Å². The SMILES string of the molecule is C=C\C=C(OC)/C(=C\C)/C=C(\C#N)c1c[nH]c2ccc(CCNC(=O)OC(C)(C)C)cc12. The Hall–Kier alpha value is -3.72. The first kappa shape index (κ1) is 24.5. The summed E-state index contributed by atoms with van der Waals surface area (Å²) in [7, 11) is 1.59. The molecule has 1 aromatic carbocycles. The molecule has 0 aliphatic rings. The minimum atomic E-state index is -0.529. The zero-order valence-corrected chi connectivity index (χ0v) is 19.4. The number of carbonyl (C=O) groups is 1. The van der Waals surface area contributed by atoms with Gasteiger partial charge < -0.3 is 19.8 Å². The Balaban J connectivity index is 2.27. The van der Waals surface area contributed by atoms with Crippen LogP contribution in [0.3, 0.4) is 0 Å². The number of nitrogens with zero attached hydrogens (tertiary/aromatic N) is 1. The van der Waals surface area contributed by atoms with Crippen LogP contribution in [0.4, 0.5) is 4.79 Å². The molecule has 2 rings (SSSR count). The summed E-state index contributed by atoms with van der Waals surface area (Å²) in [6, 6.07) is 8.32. The average Bonchev–Trinajstić information content (AvgIpc) is 3.15. The van der Waals surface area contributed by atoms with E-state index in [-0.39, 0.29) is 0 Å². The van der Waals surface area contributed by atoms with Crippen molar-refractivity contribution < 1.29 is 14.3 Å². The Kier molecular flexibility index (Phi) is 8.48. The number of H-pyrrole nitrogens is 1. The molecule has 2 aromatic rings. The van der Waals surface area contributed by atoms with Crippen LogP contribution in [-0.4, -0.2) is 30.3 Å². The van der Waals surface area contributed by atoms with Crippen LogP contribution in [0.2, 0.25) is 0 Å². The molecule has 0 spiro atoms. The van der Waals surface area contributed by atoms with E-state index in [9.17, 15) is 10.1 Å². The van der Waals surface area contributed by atoms with Gasteiger partial charge in [-0.2, -0.15) is 5.26 Å². The third-order valence-corrected chi connectivity index (χ3v) is 4.62. The molecular formula is C26H31N3O3. The lowest BCUT2D eigenvalue weighted by Crippen LogP contribution is -2.33. The molecule has 1 aromatic heterocycles. The quantitative estimate of drug-likeness (QED) is 0.313. The molecule has 1 heterocycles. The fraction of sp³-hybridized carbons (Fsp3) is 0.308. The molecule has 0 aliphatic carbocycles. The number of nitriles is 1. The molecule has 0 saturated heterocycles. The number of ether oxygens (including phenoxy) is 2. The molecule has 0 atom stereocenters. The topological polar surface area (TPSA) is 87.1 Å². The second-order valence-electron chi connectivity index (χ2n) is 8.15. The summed E-state index contributed by atoms with van der Waals surface area (Å²) in [5.41, 5.74) is 3.55. The maximum absolute atomic E-state index is 11.9. The molecule has 0 fully saturated rings. The second kappa shape index (κ2) is 11.1. The van der Waals surface area contributed by atoms with Gasteiger partial charge in [-0.05, 0) is 64.0 Å². The summed E-state index contributed by atoms with van der Waals surface area (Å²) in [6.45, 7) is 11.5. The number of hydrogen-bond donors (Lipinski definition) is 2. The van der Waals surface area contributed by atoms with Gasteiger partial charge in [-0.25, -0.2) is 4.79 Å². The van der Waals surface area contributed by atoms with Gasteiger partial charge in [0.2, 0.25) is 0 Å². The third kappa shape index (κ3) is 6.64. The lowest BCUT2D eigenvalue weighted by molar-refractivity contribution is 0.0528. The van der Waals surface area contributed by atoms with Crippen LogP contribution >= 0.6 is 0 Å². The highest BCUT2D eigenvalue weighted by Gasteiger charge is 2.16. The third-order valence-electron chi connectivity index (χ3n) is 4.62. The van der Waals surface area contributed by atoms with E-state index in [4.69, 9.17) is 9.47 Å². The van der Waals surface area contributed by atoms with Gasteiger partial charge in [0.25, 0.3) is 0 Å². The van der Waals surface area contributed by atoms with Crippen molar-refractivity contribution in [3.63, 3.8) is 0 Å². The van der Waals surface area contributed by atoms with E-state index < -0.39 is 11.7 Å². The predicted octanol–water partition coefficient (Wildman–Crippen LogP) is 5.80. The Morgan fingerprint density at radius 1 is 1.34 bits per heavy atom. The smallest absolute Gasteiger partial charge is 0.407 e. The lowest BCUT2D eigenvalue weighted by Gasteiger charge is -2.19. The van der Waals surface area contributed by atoms with Gasteiger partial charge in [0.15, 0.2) is 0 Å². The number of nitrogens with one attached hydrogen (secondary N) is 2. The standard InChI is InChI=1S/C26H31N3O3/c1-7-9-24(31-6)19(8-2)15-20(16-27)22-17-29-23-11-10-18(14-21(22)23)12-13-28-25(30)32-26(3,4)5/h7-11,14-15,17,29H,1,12-13H2,2-6H3,(H,28,30)/b19-8-,20-15+,24-9+. The summed E-state index contributed by atoms with van der Waals surface area (Å²) in [4.78, 5) is 15.1. The zero-order valence-electron chi connectivity index (χ0n) is 19.4. The lowest BCUT2D eigenvalue weighted by atomic mass is 10.00. The van der Waals surface area contributed by atoms with E-state index in [1.807, 2.05) is 58.2 Å². The first-order valence-corrected chi connectivity index (χ1v) is 10.4. The number of methoxy groups -OCH3 is 1. The van der Waals surface area contributed by atoms with E-state index in [1.54, 1.807) is 25.3 Å². The van der Waals surface area contributed by atoms with Crippen LogP contribution in [0, 0.1) is 11.3 Å². The van der Waals surface area contributed by atoms with Crippen molar-refractivity contribution in [2.45, 2.75) is 39.7 Å². The Bertz CT molecular complexity index is 1110. The Morgan fingerprint density at radius 3 is 2.69 bits per heavy atom. The van der Waals surface area contributed by atoms with E-state index in [1.165, 1.54) is 0 Å². The van der Waals surface area contributed by atoms with Crippen molar-refractivity contribution in [1.29, 1.82) is 5.26 Å². The molecule has 2 N–H and O–H groups in total. The zero-order chi connectivity index (χ0) is 23.7. The number of alkyl carbamates (subject to hydrolysis) is 1. The number of rotatable bonds is 8. The van der Waals surface area contributed by atoms with Crippen LogP contribution in [0.1, 0.15) is 38.8 Å². The molecule has 1 amide bonds. The molecule has 6 nitrogen and oxygen atoms in total. The molecule has 0 saturated carbocycles. The Labute approximate surface area is 189 Å². The predicted molar refractivity (Wildman–Crippen MR) is 129 cm³/mol. The molecular weight excluding hydrogens is 402 g/mol. The molecule has 0 unspecified atom stereocenters. The van der Waals surface area contributed by atoms with Crippen molar-refractivity contribution in [3.05, 3.63) is 77.7 Å². The van der Waals surface area contributed by atoms with Gasteiger partial charge in [-0.3, -0.25) is 0 Å². The molecule has 168 valence electrons. The van der Waals surface area contributed by atoms with Gasteiger partial charge in [0, 0.05) is 34.8 Å². The van der Waals surface area contributed by atoms with Crippen molar-refractivity contribution in [3.8, 4) is 6.07 Å². The van der Waals surface area contributed by atoms with Gasteiger partial charge in [0.05, 0.1) is 18.8 Å². The van der Waals surface area contributed by atoms with Crippen LogP contribution in [-0.2, 0) is 15.9 Å². The summed E-state index contributed by atoms with van der Waals surface area (Å²) >= 11 is 0. The fourth-order valence-electron chi connectivity index (χ4n) is 3.18. The van der Waals surface area contributed by atoms with E-state index in [0.717, 1.165) is 27.6 Å². The minimum Gasteiger partial charge on any atom is -0.496 e. The maximum atomic E-state index is 11.9.